The van der Waals surface area contributed by atoms with Gasteiger partial charge in [0.2, 0.25) is 5.88 Å². The first-order valence-corrected chi connectivity index (χ1v) is 11.2. The largest absolute Gasteiger partial charge is 0.481 e. The first-order chi connectivity index (χ1) is 15.5. The fourth-order valence-electron chi connectivity index (χ4n) is 2.60. The maximum Gasteiger partial charge on any atom is 0.354 e. The Kier molecular flexibility index (Phi) is 16.0. The van der Waals surface area contributed by atoms with Crippen molar-refractivity contribution in [3.8, 4) is 5.88 Å². The van der Waals surface area contributed by atoms with Crippen molar-refractivity contribution in [2.75, 3.05) is 20.3 Å². The second-order valence-electron chi connectivity index (χ2n) is 6.36. The molecule has 0 spiro atoms. The first-order valence-electron chi connectivity index (χ1n) is 11.2. The summed E-state index contributed by atoms with van der Waals surface area (Å²) in [6.45, 7) is 13.9. The van der Waals surface area contributed by atoms with Crippen LogP contribution in [0.3, 0.4) is 0 Å². The summed E-state index contributed by atoms with van der Waals surface area (Å²) >= 11 is 0. The van der Waals surface area contributed by atoms with E-state index in [1.165, 1.54) is 6.42 Å². The van der Waals surface area contributed by atoms with Gasteiger partial charge in [0.1, 0.15) is 5.69 Å². The maximum atomic E-state index is 11.3. The summed E-state index contributed by atoms with van der Waals surface area (Å²) in [4.78, 5) is 19.5. The van der Waals surface area contributed by atoms with Gasteiger partial charge in [0.15, 0.2) is 0 Å². The highest BCUT2D eigenvalue weighted by Gasteiger charge is 2.11. The van der Waals surface area contributed by atoms with Gasteiger partial charge in [-0.25, -0.2) is 14.8 Å². The zero-order valence-corrected chi connectivity index (χ0v) is 20.5. The molecular formula is C26H38N2O4. The number of hydrogen-bond acceptors (Lipinski definition) is 5. The lowest BCUT2D eigenvalue weighted by atomic mass is 10.0. The summed E-state index contributed by atoms with van der Waals surface area (Å²) in [5, 5.41) is 10.2. The van der Waals surface area contributed by atoms with Crippen LogP contribution in [-0.2, 0) is 11.2 Å². The zero-order valence-electron chi connectivity index (χ0n) is 20.5. The number of rotatable bonds is 6. The van der Waals surface area contributed by atoms with Crippen LogP contribution in [0.5, 0.6) is 5.88 Å². The zero-order chi connectivity index (χ0) is 24.4. The van der Waals surface area contributed by atoms with E-state index in [2.05, 4.69) is 23.8 Å². The SMILES string of the molecule is CC.CCC.CCOCC.COc1cc(Cc2cc(C(=O)O)nc3ccccc23)ccn1. The van der Waals surface area contributed by atoms with Crippen molar-refractivity contribution in [1.82, 2.24) is 9.97 Å². The number of fused-ring (bicyclic) bond motifs is 1. The van der Waals surface area contributed by atoms with Crippen molar-refractivity contribution in [3.63, 3.8) is 0 Å². The molecule has 0 aliphatic carbocycles. The van der Waals surface area contributed by atoms with Gasteiger partial charge in [-0.05, 0) is 49.6 Å². The highest BCUT2D eigenvalue weighted by Crippen LogP contribution is 2.22. The Bertz CT molecular complexity index is 911. The van der Waals surface area contributed by atoms with Crippen LogP contribution in [-0.4, -0.2) is 41.4 Å². The van der Waals surface area contributed by atoms with Gasteiger partial charge in [-0.15, -0.1) is 0 Å². The number of hydrogen-bond donors (Lipinski definition) is 1. The van der Waals surface area contributed by atoms with E-state index in [1.54, 1.807) is 19.4 Å². The van der Waals surface area contributed by atoms with E-state index in [0.29, 0.717) is 17.8 Å². The van der Waals surface area contributed by atoms with Crippen LogP contribution in [0.15, 0.2) is 48.7 Å². The molecule has 0 unspecified atom stereocenters. The van der Waals surface area contributed by atoms with Crippen LogP contribution in [0.25, 0.3) is 10.9 Å². The number of carbonyl (C=O) groups is 1. The number of aromatic nitrogens is 2. The molecule has 176 valence electrons. The lowest BCUT2D eigenvalue weighted by Crippen LogP contribution is -2.03. The molecule has 3 aromatic rings. The summed E-state index contributed by atoms with van der Waals surface area (Å²) in [6.07, 6.45) is 3.51. The Morgan fingerprint density at radius 2 is 1.62 bits per heavy atom. The molecule has 2 aromatic heterocycles. The van der Waals surface area contributed by atoms with E-state index in [4.69, 9.17) is 9.47 Å². The number of benzene rings is 1. The molecule has 0 radical (unpaired) electrons. The van der Waals surface area contributed by atoms with Crippen LogP contribution in [0.2, 0.25) is 0 Å². The normalized spacial score (nSPS) is 9.34. The number of pyridine rings is 2. The lowest BCUT2D eigenvalue weighted by Gasteiger charge is -2.09. The summed E-state index contributed by atoms with van der Waals surface area (Å²) in [7, 11) is 1.57. The molecule has 2 heterocycles. The Morgan fingerprint density at radius 3 is 2.16 bits per heavy atom. The summed E-state index contributed by atoms with van der Waals surface area (Å²) in [6, 6.07) is 12.9. The molecule has 0 aliphatic rings. The fourth-order valence-corrected chi connectivity index (χ4v) is 2.60. The van der Waals surface area contributed by atoms with E-state index in [0.717, 1.165) is 29.7 Å². The minimum absolute atomic E-state index is 0.0507. The minimum atomic E-state index is -1.03. The minimum Gasteiger partial charge on any atom is -0.481 e. The van der Waals surface area contributed by atoms with Gasteiger partial charge in [0, 0.05) is 30.9 Å². The van der Waals surface area contributed by atoms with E-state index < -0.39 is 5.97 Å². The van der Waals surface area contributed by atoms with Gasteiger partial charge in [0.05, 0.1) is 12.6 Å². The quantitative estimate of drug-likeness (QED) is 0.475. The van der Waals surface area contributed by atoms with Crippen LogP contribution >= 0.6 is 0 Å². The Balaban J connectivity index is 0.000000822. The highest BCUT2D eigenvalue weighted by molar-refractivity contribution is 5.91. The summed E-state index contributed by atoms with van der Waals surface area (Å²) in [5.74, 6) is -0.492. The molecule has 1 aromatic carbocycles. The van der Waals surface area contributed by atoms with Gasteiger partial charge in [0.25, 0.3) is 0 Å². The predicted molar refractivity (Wildman–Crippen MR) is 132 cm³/mol. The Labute approximate surface area is 192 Å². The first kappa shape index (κ1) is 29.0. The van der Waals surface area contributed by atoms with Gasteiger partial charge in [-0.3, -0.25) is 0 Å². The predicted octanol–water partition coefficient (Wildman–Crippen LogP) is 6.41. The van der Waals surface area contributed by atoms with Crippen molar-refractivity contribution in [1.29, 1.82) is 0 Å². The molecule has 6 heteroatoms. The van der Waals surface area contributed by atoms with Gasteiger partial charge >= 0.3 is 5.97 Å². The topological polar surface area (TPSA) is 81.5 Å². The number of para-hydroxylation sites is 1. The van der Waals surface area contributed by atoms with Crippen molar-refractivity contribution in [3.05, 3.63) is 65.5 Å². The number of methoxy groups -OCH3 is 1. The second kappa shape index (κ2) is 17.7. The molecule has 6 nitrogen and oxygen atoms in total. The third-order valence-electron chi connectivity index (χ3n) is 3.83. The summed E-state index contributed by atoms with van der Waals surface area (Å²) < 4.78 is 9.96. The number of ether oxygens (including phenoxy) is 2. The monoisotopic (exact) mass is 442 g/mol. The molecule has 0 fully saturated rings. The number of nitrogens with zero attached hydrogens (tertiary/aromatic N) is 2. The van der Waals surface area contributed by atoms with Crippen LogP contribution in [0, 0.1) is 0 Å². The van der Waals surface area contributed by atoms with E-state index in [1.807, 2.05) is 64.1 Å². The van der Waals surface area contributed by atoms with Crippen LogP contribution in [0.4, 0.5) is 0 Å². The number of carboxylic acid groups (broad SMARTS) is 1. The van der Waals surface area contributed by atoms with E-state index in [9.17, 15) is 9.90 Å². The van der Waals surface area contributed by atoms with Crippen molar-refractivity contribution in [2.45, 2.75) is 54.4 Å². The molecule has 3 rings (SSSR count). The van der Waals surface area contributed by atoms with E-state index in [-0.39, 0.29) is 5.69 Å². The third-order valence-corrected chi connectivity index (χ3v) is 3.83. The highest BCUT2D eigenvalue weighted by atomic mass is 16.5. The molecule has 0 aliphatic heterocycles. The molecule has 0 saturated heterocycles. The van der Waals surface area contributed by atoms with Crippen LogP contribution in [0.1, 0.15) is 69.6 Å². The standard InChI is InChI=1S/C17H14N2O3.C4H10O.C3H8.C2H6/c1-22-16-9-11(6-7-18-16)8-12-10-15(17(20)21)19-14-5-3-2-4-13(12)14;1-3-5-4-2;1-3-2;1-2/h2-7,9-10H,8H2,1H3,(H,20,21);3-4H2,1-2H3;3H2,1-2H3;1-2H3. The number of carboxylic acids is 1. The fraction of sp³-hybridized carbons (Fsp3) is 0.423. The second-order valence-corrected chi connectivity index (χ2v) is 6.36. The smallest absolute Gasteiger partial charge is 0.354 e. The molecule has 0 saturated carbocycles. The lowest BCUT2D eigenvalue weighted by molar-refractivity contribution is 0.0691. The maximum absolute atomic E-state index is 11.3. The average molecular weight is 443 g/mol. The van der Waals surface area contributed by atoms with E-state index >= 15 is 0 Å². The molecule has 32 heavy (non-hydrogen) atoms. The van der Waals surface area contributed by atoms with Gasteiger partial charge < -0.3 is 14.6 Å². The van der Waals surface area contributed by atoms with Crippen molar-refractivity contribution >= 4 is 16.9 Å². The van der Waals surface area contributed by atoms with Gasteiger partial charge in [-0.2, -0.15) is 0 Å². The Morgan fingerprint density at radius 1 is 1.00 bits per heavy atom. The number of aromatic carboxylic acids is 1. The molecule has 0 amide bonds. The van der Waals surface area contributed by atoms with Gasteiger partial charge in [-0.1, -0.05) is 52.3 Å². The van der Waals surface area contributed by atoms with Crippen LogP contribution < -0.4 is 4.74 Å². The molecule has 0 bridgehead atoms. The average Bonchev–Trinajstić information content (AvgIpc) is 2.82. The Hall–Kier alpha value is -2.99. The van der Waals surface area contributed by atoms with Crippen molar-refractivity contribution < 1.29 is 19.4 Å². The summed E-state index contributed by atoms with van der Waals surface area (Å²) in [5.41, 5.74) is 2.64. The molecular weight excluding hydrogens is 404 g/mol. The molecule has 1 N–H and O–H groups in total. The third kappa shape index (κ3) is 10.4. The van der Waals surface area contributed by atoms with Crippen molar-refractivity contribution in [2.24, 2.45) is 0 Å². The molecule has 0 atom stereocenters.